The number of nitrogens with one attached hydrogen (secondary N) is 2. The lowest BCUT2D eigenvalue weighted by atomic mass is 10.1. The number of amides is 2. The number of phenols is 3. The molecule has 10 nitrogen and oxygen atoms in total. The standard InChI is InChI=1S/C22H25N5O5S/c1-27(2)15-6-3-13(4-7-15)9-10-23-18(29)11-17-21(32)25-22(33-17)26-24-12-14-5-8-16(28)20(31)19(14)30/h3-8,12,17,28,30-31H,9-11H2,1-2H3,(H,23,29)(H,25,26,32)/b24-12+. The van der Waals surface area contributed by atoms with Crippen molar-refractivity contribution in [2.45, 2.75) is 18.1 Å². The molecule has 11 heteroatoms. The normalized spacial score (nSPS) is 15.5. The van der Waals surface area contributed by atoms with Crippen LogP contribution in [0.2, 0.25) is 0 Å². The van der Waals surface area contributed by atoms with Crippen LogP contribution in [-0.2, 0) is 16.0 Å². The molecule has 3 rings (SSSR count). The molecule has 33 heavy (non-hydrogen) atoms. The third-order valence-corrected chi connectivity index (χ3v) is 5.88. The predicted molar refractivity (Wildman–Crippen MR) is 128 cm³/mol. The molecule has 1 unspecified atom stereocenters. The van der Waals surface area contributed by atoms with Gasteiger partial charge in [0.05, 0.1) is 6.21 Å². The Morgan fingerprint density at radius 2 is 1.88 bits per heavy atom. The van der Waals surface area contributed by atoms with E-state index in [1.165, 1.54) is 18.3 Å². The summed E-state index contributed by atoms with van der Waals surface area (Å²) in [5.41, 5.74) is 4.93. The summed E-state index contributed by atoms with van der Waals surface area (Å²) >= 11 is 1.08. The van der Waals surface area contributed by atoms with Gasteiger partial charge in [0.1, 0.15) is 5.25 Å². The average Bonchev–Trinajstić information content (AvgIpc) is 3.13. The van der Waals surface area contributed by atoms with Crippen LogP contribution in [0.15, 0.2) is 46.5 Å². The summed E-state index contributed by atoms with van der Waals surface area (Å²) in [6.07, 6.45) is 1.88. The van der Waals surface area contributed by atoms with Gasteiger partial charge in [-0.1, -0.05) is 23.9 Å². The van der Waals surface area contributed by atoms with Crippen LogP contribution >= 0.6 is 11.8 Å². The number of aromatic hydroxyl groups is 3. The summed E-state index contributed by atoms with van der Waals surface area (Å²) in [5, 5.41) is 34.9. The second kappa shape index (κ2) is 10.7. The minimum atomic E-state index is -0.654. The Hall–Kier alpha value is -3.73. The van der Waals surface area contributed by atoms with Crippen LogP contribution in [0.5, 0.6) is 17.2 Å². The maximum Gasteiger partial charge on any atom is 0.262 e. The lowest BCUT2D eigenvalue weighted by Gasteiger charge is -2.13. The van der Waals surface area contributed by atoms with Crippen LogP contribution in [0, 0.1) is 0 Å². The van der Waals surface area contributed by atoms with Crippen molar-refractivity contribution >= 4 is 40.6 Å². The number of hydrogen-bond acceptors (Lipinski definition) is 9. The highest BCUT2D eigenvalue weighted by Crippen LogP contribution is 2.36. The molecular weight excluding hydrogens is 446 g/mol. The van der Waals surface area contributed by atoms with Crippen molar-refractivity contribution in [3.8, 4) is 17.2 Å². The van der Waals surface area contributed by atoms with Crippen molar-refractivity contribution in [2.24, 2.45) is 10.1 Å². The highest BCUT2D eigenvalue weighted by atomic mass is 32.2. The Labute approximate surface area is 195 Å². The van der Waals surface area contributed by atoms with E-state index in [1.54, 1.807) is 0 Å². The molecule has 0 saturated carbocycles. The van der Waals surface area contributed by atoms with Gasteiger partial charge in [-0.15, -0.1) is 0 Å². The number of carbonyl (C=O) groups excluding carboxylic acids is 2. The Morgan fingerprint density at radius 3 is 2.58 bits per heavy atom. The quantitative estimate of drug-likeness (QED) is 0.221. The molecule has 2 amide bonds. The van der Waals surface area contributed by atoms with Crippen LogP contribution in [0.3, 0.4) is 0 Å². The number of carbonyl (C=O) groups is 2. The van der Waals surface area contributed by atoms with Crippen LogP contribution in [0.4, 0.5) is 5.69 Å². The zero-order valence-corrected chi connectivity index (χ0v) is 19.0. The molecule has 0 aromatic heterocycles. The molecule has 2 aromatic rings. The number of benzene rings is 2. The number of amidine groups is 1. The van der Waals surface area contributed by atoms with Crippen molar-refractivity contribution in [3.63, 3.8) is 0 Å². The molecule has 1 atom stereocenters. The van der Waals surface area contributed by atoms with Gasteiger partial charge in [0, 0.05) is 38.3 Å². The number of rotatable bonds is 8. The maximum absolute atomic E-state index is 12.2. The Bertz CT molecular complexity index is 1090. The molecule has 1 aliphatic heterocycles. The molecule has 174 valence electrons. The largest absolute Gasteiger partial charge is 0.504 e. The first kappa shape index (κ1) is 23.9. The zero-order chi connectivity index (χ0) is 24.0. The molecule has 0 spiro atoms. The molecule has 1 aliphatic rings. The first-order chi connectivity index (χ1) is 15.7. The Morgan fingerprint density at radius 1 is 1.15 bits per heavy atom. The highest BCUT2D eigenvalue weighted by Gasteiger charge is 2.30. The molecule has 0 aliphatic carbocycles. The van der Waals surface area contributed by atoms with Crippen molar-refractivity contribution < 1.29 is 24.9 Å². The number of anilines is 1. The predicted octanol–water partition coefficient (Wildman–Crippen LogP) is 1.54. The van der Waals surface area contributed by atoms with E-state index in [-0.39, 0.29) is 23.1 Å². The molecule has 0 bridgehead atoms. The van der Waals surface area contributed by atoms with Gasteiger partial charge in [-0.3, -0.25) is 15.0 Å². The van der Waals surface area contributed by atoms with Gasteiger partial charge in [0.15, 0.2) is 16.7 Å². The Kier molecular flexibility index (Phi) is 7.78. The van der Waals surface area contributed by atoms with Crippen molar-refractivity contribution in [2.75, 3.05) is 25.5 Å². The smallest absolute Gasteiger partial charge is 0.262 e. The summed E-state index contributed by atoms with van der Waals surface area (Å²) in [6, 6.07) is 10.6. The summed E-state index contributed by atoms with van der Waals surface area (Å²) < 4.78 is 0. The third-order valence-electron chi connectivity index (χ3n) is 4.83. The minimum Gasteiger partial charge on any atom is -0.504 e. The van der Waals surface area contributed by atoms with Crippen LogP contribution in [-0.4, -0.2) is 64.4 Å². The topological polar surface area (TPSA) is 147 Å². The molecule has 5 N–H and O–H groups in total. The number of hydrogen-bond donors (Lipinski definition) is 5. The fourth-order valence-corrected chi connectivity index (χ4v) is 3.86. The molecule has 0 saturated heterocycles. The van der Waals surface area contributed by atoms with E-state index >= 15 is 0 Å². The van der Waals surface area contributed by atoms with Gasteiger partial charge in [0.25, 0.3) is 5.91 Å². The van der Waals surface area contributed by atoms with Gasteiger partial charge in [-0.05, 0) is 36.2 Å². The number of thioether (sulfide) groups is 1. The highest BCUT2D eigenvalue weighted by molar-refractivity contribution is 8.15. The van der Waals surface area contributed by atoms with Gasteiger partial charge in [-0.25, -0.2) is 0 Å². The van der Waals surface area contributed by atoms with Crippen LogP contribution in [0.1, 0.15) is 17.5 Å². The number of hydrazone groups is 1. The molecule has 1 heterocycles. The van der Waals surface area contributed by atoms with Crippen molar-refractivity contribution in [3.05, 3.63) is 47.5 Å². The van der Waals surface area contributed by atoms with E-state index < -0.39 is 28.4 Å². The SMILES string of the molecule is CN(C)c1ccc(CCNC(=O)CC2SC(N/N=C/c3ccc(O)c(O)c3O)=NC2=O)cc1. The lowest BCUT2D eigenvalue weighted by Crippen LogP contribution is -2.30. The number of nitrogens with zero attached hydrogens (tertiary/aromatic N) is 3. The first-order valence-electron chi connectivity index (χ1n) is 10.1. The first-order valence-corrected chi connectivity index (χ1v) is 11.0. The van der Waals surface area contributed by atoms with Gasteiger partial charge >= 0.3 is 0 Å². The van der Waals surface area contributed by atoms with E-state index in [1.807, 2.05) is 43.3 Å². The van der Waals surface area contributed by atoms with Gasteiger partial charge in [-0.2, -0.15) is 10.1 Å². The summed E-state index contributed by atoms with van der Waals surface area (Å²) in [5.74, 6) is -2.31. The summed E-state index contributed by atoms with van der Waals surface area (Å²) in [4.78, 5) is 30.2. The fourth-order valence-electron chi connectivity index (χ4n) is 2.96. The summed E-state index contributed by atoms with van der Waals surface area (Å²) in [6.45, 7) is 0.463. The second-order valence-electron chi connectivity index (χ2n) is 7.47. The van der Waals surface area contributed by atoms with E-state index in [2.05, 4.69) is 20.8 Å². The van der Waals surface area contributed by atoms with E-state index in [0.717, 1.165) is 23.0 Å². The van der Waals surface area contributed by atoms with Crippen LogP contribution < -0.4 is 15.6 Å². The Balaban J connectivity index is 1.42. The molecule has 2 aromatic carbocycles. The van der Waals surface area contributed by atoms with Gasteiger partial charge in [0.2, 0.25) is 11.7 Å². The second-order valence-corrected chi connectivity index (χ2v) is 8.66. The summed E-state index contributed by atoms with van der Waals surface area (Å²) in [7, 11) is 3.95. The van der Waals surface area contributed by atoms with Crippen molar-refractivity contribution in [1.82, 2.24) is 10.7 Å². The molecular formula is C22H25N5O5S. The number of aliphatic imine (C=N–C) groups is 1. The zero-order valence-electron chi connectivity index (χ0n) is 18.1. The van der Waals surface area contributed by atoms with E-state index in [0.29, 0.717) is 13.0 Å². The minimum absolute atomic E-state index is 0.00587. The molecule has 0 radical (unpaired) electrons. The maximum atomic E-state index is 12.2. The van der Waals surface area contributed by atoms with Crippen molar-refractivity contribution in [1.29, 1.82) is 0 Å². The molecule has 0 fully saturated rings. The fraction of sp³-hybridized carbons (Fsp3) is 0.273. The number of phenolic OH excluding ortho intramolecular Hbond substituents is 3. The monoisotopic (exact) mass is 471 g/mol. The van der Waals surface area contributed by atoms with E-state index in [9.17, 15) is 24.9 Å². The average molecular weight is 472 g/mol. The third kappa shape index (κ3) is 6.39. The van der Waals surface area contributed by atoms with Crippen LogP contribution in [0.25, 0.3) is 0 Å². The van der Waals surface area contributed by atoms with E-state index in [4.69, 9.17) is 0 Å². The van der Waals surface area contributed by atoms with Gasteiger partial charge < -0.3 is 25.5 Å². The lowest BCUT2D eigenvalue weighted by molar-refractivity contribution is -0.124.